The third-order valence-corrected chi connectivity index (χ3v) is 7.63. The number of anilines is 2. The summed E-state index contributed by atoms with van der Waals surface area (Å²) < 4.78 is 0. The number of nitro benzene ring substituents is 2. The molecule has 40 heavy (non-hydrogen) atoms. The summed E-state index contributed by atoms with van der Waals surface area (Å²) in [5, 5.41) is 30.9. The SMILES string of the molecule is O=[N+]([O-])c1ccccc1C1Nc2ccccc2CN1CCN1Cc2ccccc2NC1c1ccccc1[N+](=O)[O-]. The first-order valence-electron chi connectivity index (χ1n) is 13.1. The maximum Gasteiger partial charge on any atom is 0.276 e. The van der Waals surface area contributed by atoms with Crippen molar-refractivity contribution in [3.8, 4) is 0 Å². The van der Waals surface area contributed by atoms with Crippen LogP contribution in [0.3, 0.4) is 0 Å². The number of hydrogen-bond acceptors (Lipinski definition) is 8. The second-order valence-electron chi connectivity index (χ2n) is 9.98. The summed E-state index contributed by atoms with van der Waals surface area (Å²) in [7, 11) is 0. The van der Waals surface area contributed by atoms with Gasteiger partial charge in [-0.2, -0.15) is 0 Å². The van der Waals surface area contributed by atoms with E-state index in [4.69, 9.17) is 0 Å². The molecule has 0 saturated carbocycles. The van der Waals surface area contributed by atoms with Crippen LogP contribution in [0, 0.1) is 20.2 Å². The Balaban J connectivity index is 1.34. The molecule has 10 nitrogen and oxygen atoms in total. The summed E-state index contributed by atoms with van der Waals surface area (Å²) in [4.78, 5) is 27.5. The normalized spacial score (nSPS) is 18.6. The molecular formula is C30H28N6O4. The zero-order valence-electron chi connectivity index (χ0n) is 21.6. The average molecular weight is 537 g/mol. The highest BCUT2D eigenvalue weighted by Crippen LogP contribution is 2.39. The predicted octanol–water partition coefficient (Wildman–Crippen LogP) is 6.06. The first kappa shape index (κ1) is 25.5. The van der Waals surface area contributed by atoms with E-state index in [1.165, 1.54) is 12.1 Å². The van der Waals surface area contributed by atoms with Crippen LogP contribution in [0.4, 0.5) is 22.7 Å². The monoisotopic (exact) mass is 536 g/mol. The van der Waals surface area contributed by atoms with Gasteiger partial charge in [-0.1, -0.05) is 60.7 Å². The highest BCUT2D eigenvalue weighted by molar-refractivity contribution is 5.58. The maximum absolute atomic E-state index is 11.9. The van der Waals surface area contributed by atoms with Crippen LogP contribution in [0.1, 0.15) is 34.6 Å². The minimum Gasteiger partial charge on any atom is -0.365 e. The molecule has 0 fully saturated rings. The van der Waals surface area contributed by atoms with E-state index in [-0.39, 0.29) is 21.2 Å². The van der Waals surface area contributed by atoms with Gasteiger partial charge < -0.3 is 10.6 Å². The fraction of sp³-hybridized carbons (Fsp3) is 0.200. The van der Waals surface area contributed by atoms with Crippen LogP contribution >= 0.6 is 0 Å². The van der Waals surface area contributed by atoms with E-state index < -0.39 is 12.3 Å². The van der Waals surface area contributed by atoms with Crippen molar-refractivity contribution < 1.29 is 9.85 Å². The molecule has 0 aromatic heterocycles. The zero-order chi connectivity index (χ0) is 27.6. The standard InChI is InChI=1S/C30H28N6O4/c37-35(38)27-15-7-3-11-23(27)29-31-25-13-5-1-9-21(25)19-33(29)17-18-34-20-22-10-2-6-14-26(22)32-30(34)24-12-4-8-16-28(24)36(39)40/h1-16,29-32H,17-20H2. The topological polar surface area (TPSA) is 117 Å². The number of benzene rings is 4. The van der Waals surface area contributed by atoms with E-state index in [1.807, 2.05) is 48.5 Å². The van der Waals surface area contributed by atoms with Gasteiger partial charge in [0.05, 0.1) is 21.0 Å². The van der Waals surface area contributed by atoms with Crippen LogP contribution in [-0.4, -0.2) is 32.7 Å². The van der Waals surface area contributed by atoms with Crippen LogP contribution in [-0.2, 0) is 13.1 Å². The molecule has 2 unspecified atom stereocenters. The molecule has 2 aliphatic rings. The van der Waals surface area contributed by atoms with Gasteiger partial charge in [-0.05, 0) is 35.4 Å². The van der Waals surface area contributed by atoms with Crippen molar-refractivity contribution in [2.75, 3.05) is 23.7 Å². The van der Waals surface area contributed by atoms with Gasteiger partial charge in [0.25, 0.3) is 11.4 Å². The minimum absolute atomic E-state index is 0.0655. The van der Waals surface area contributed by atoms with Crippen molar-refractivity contribution in [3.05, 3.63) is 140 Å². The van der Waals surface area contributed by atoms with Crippen molar-refractivity contribution in [1.82, 2.24) is 9.80 Å². The Morgan fingerprint density at radius 3 is 1.40 bits per heavy atom. The largest absolute Gasteiger partial charge is 0.365 e. The molecule has 6 rings (SSSR count). The Labute approximate surface area is 231 Å². The lowest BCUT2D eigenvalue weighted by Gasteiger charge is -2.42. The number of nitrogens with one attached hydrogen (secondary N) is 2. The van der Waals surface area contributed by atoms with Crippen molar-refractivity contribution in [2.45, 2.75) is 25.4 Å². The van der Waals surface area contributed by atoms with Gasteiger partial charge in [0, 0.05) is 49.7 Å². The highest BCUT2D eigenvalue weighted by Gasteiger charge is 2.35. The lowest BCUT2D eigenvalue weighted by molar-refractivity contribution is -0.386. The number of para-hydroxylation sites is 4. The summed E-state index contributed by atoms with van der Waals surface area (Å²) in [6.45, 7) is 2.35. The molecule has 10 heteroatoms. The predicted molar refractivity (Wildman–Crippen MR) is 153 cm³/mol. The highest BCUT2D eigenvalue weighted by atomic mass is 16.6. The number of nitro groups is 2. The third-order valence-electron chi connectivity index (χ3n) is 7.63. The van der Waals surface area contributed by atoms with Crippen molar-refractivity contribution in [2.24, 2.45) is 0 Å². The molecule has 0 aliphatic carbocycles. The van der Waals surface area contributed by atoms with Gasteiger partial charge in [0.15, 0.2) is 0 Å². The lowest BCUT2D eigenvalue weighted by atomic mass is 10.0. The Morgan fingerprint density at radius 1 is 0.600 bits per heavy atom. The summed E-state index contributed by atoms with van der Waals surface area (Å²) >= 11 is 0. The second kappa shape index (κ2) is 10.8. The minimum atomic E-state index is -0.411. The van der Waals surface area contributed by atoms with Crippen LogP contribution in [0.2, 0.25) is 0 Å². The maximum atomic E-state index is 11.9. The van der Waals surface area contributed by atoms with E-state index >= 15 is 0 Å². The molecule has 2 heterocycles. The van der Waals surface area contributed by atoms with E-state index in [9.17, 15) is 20.2 Å². The summed E-state index contributed by atoms with van der Waals surface area (Å²) in [5.41, 5.74) is 5.44. The molecule has 0 amide bonds. The van der Waals surface area contributed by atoms with Gasteiger partial charge in [0.2, 0.25) is 0 Å². The van der Waals surface area contributed by atoms with Crippen LogP contribution in [0.15, 0.2) is 97.1 Å². The van der Waals surface area contributed by atoms with Gasteiger partial charge in [-0.15, -0.1) is 0 Å². The van der Waals surface area contributed by atoms with Gasteiger partial charge in [-0.25, -0.2) is 0 Å². The average Bonchev–Trinajstić information content (AvgIpc) is 2.99. The fourth-order valence-electron chi connectivity index (χ4n) is 5.69. The quantitative estimate of drug-likeness (QED) is 0.216. The molecule has 2 atom stereocenters. The second-order valence-corrected chi connectivity index (χ2v) is 9.98. The summed E-state index contributed by atoms with van der Waals surface area (Å²) in [6, 6.07) is 29.6. The Bertz CT molecular complexity index is 1460. The van der Waals surface area contributed by atoms with E-state index in [0.29, 0.717) is 37.3 Å². The molecule has 0 saturated heterocycles. The molecule has 0 bridgehead atoms. The van der Waals surface area contributed by atoms with Crippen LogP contribution < -0.4 is 10.6 Å². The van der Waals surface area contributed by atoms with Gasteiger partial charge in [-0.3, -0.25) is 30.0 Å². The van der Waals surface area contributed by atoms with E-state index in [1.54, 1.807) is 24.3 Å². The molecular weight excluding hydrogens is 508 g/mol. The van der Waals surface area contributed by atoms with Crippen molar-refractivity contribution >= 4 is 22.7 Å². The molecule has 2 N–H and O–H groups in total. The first-order chi connectivity index (χ1) is 19.5. The molecule has 0 spiro atoms. The van der Waals surface area contributed by atoms with E-state index in [0.717, 1.165) is 22.5 Å². The first-order valence-corrected chi connectivity index (χ1v) is 13.1. The van der Waals surface area contributed by atoms with Gasteiger partial charge in [0.1, 0.15) is 12.3 Å². The Morgan fingerprint density at radius 2 is 0.975 bits per heavy atom. The third kappa shape index (κ3) is 4.86. The van der Waals surface area contributed by atoms with Crippen LogP contribution in [0.25, 0.3) is 0 Å². The number of fused-ring (bicyclic) bond motifs is 2. The van der Waals surface area contributed by atoms with Crippen molar-refractivity contribution in [3.63, 3.8) is 0 Å². The number of nitrogens with zero attached hydrogens (tertiary/aromatic N) is 4. The molecule has 4 aromatic rings. The lowest BCUT2D eigenvalue weighted by Crippen LogP contribution is -2.45. The molecule has 0 radical (unpaired) electrons. The van der Waals surface area contributed by atoms with Crippen molar-refractivity contribution in [1.29, 1.82) is 0 Å². The summed E-state index contributed by atoms with van der Waals surface area (Å²) in [6.07, 6.45) is -0.822. The van der Waals surface area contributed by atoms with E-state index in [2.05, 4.69) is 32.6 Å². The number of hydrogen-bond donors (Lipinski definition) is 2. The molecule has 202 valence electrons. The van der Waals surface area contributed by atoms with Crippen LogP contribution in [0.5, 0.6) is 0 Å². The Kier molecular flexibility index (Phi) is 6.85. The summed E-state index contributed by atoms with van der Waals surface area (Å²) in [5.74, 6) is 0. The Hall–Kier alpha value is -4.80. The smallest absolute Gasteiger partial charge is 0.276 e. The fourth-order valence-corrected chi connectivity index (χ4v) is 5.69. The number of rotatable bonds is 7. The van der Waals surface area contributed by atoms with Gasteiger partial charge >= 0.3 is 0 Å². The zero-order valence-corrected chi connectivity index (χ0v) is 21.6. The molecule has 4 aromatic carbocycles. The molecule has 2 aliphatic heterocycles.